The first-order valence-corrected chi connectivity index (χ1v) is 8.06. The van der Waals surface area contributed by atoms with E-state index in [0.29, 0.717) is 11.7 Å². The van der Waals surface area contributed by atoms with Crippen LogP contribution in [0.4, 0.5) is 5.82 Å². The van der Waals surface area contributed by atoms with Gasteiger partial charge in [-0.05, 0) is 46.5 Å². The second-order valence-corrected chi connectivity index (χ2v) is 7.41. The summed E-state index contributed by atoms with van der Waals surface area (Å²) in [7, 11) is -0.755. The number of nitrogens with zero attached hydrogens (tertiary/aromatic N) is 3. The summed E-state index contributed by atoms with van der Waals surface area (Å²) in [5.41, 5.74) is -0.724. The summed E-state index contributed by atoms with van der Waals surface area (Å²) in [5.74, 6) is 1.19. The Hall–Kier alpha value is -1.14. The van der Waals surface area contributed by atoms with E-state index >= 15 is 0 Å². The monoisotopic (exact) mass is 305 g/mol. The Bertz CT molecular complexity index is 618. The number of hydrogen-bond donors (Lipinski definition) is 0. The first kappa shape index (κ1) is 13.3. The van der Waals surface area contributed by atoms with Gasteiger partial charge in [-0.15, -0.1) is 0 Å². The molecule has 0 aliphatic carbocycles. The fourth-order valence-electron chi connectivity index (χ4n) is 2.69. The maximum Gasteiger partial charge on any atom is 0.516 e. The molecule has 0 spiro atoms. The van der Waals surface area contributed by atoms with Crippen LogP contribution in [0.3, 0.4) is 0 Å². The average molecular weight is 305 g/mol. The van der Waals surface area contributed by atoms with Crippen molar-refractivity contribution >= 4 is 18.5 Å². The highest BCUT2D eigenvalue weighted by molar-refractivity contribution is 6.61. The van der Waals surface area contributed by atoms with Gasteiger partial charge in [0, 0.05) is 19.3 Å². The lowest BCUT2D eigenvalue weighted by molar-refractivity contribution is 0.00578. The molecular weight excluding hydrogens is 277 g/mol. The van der Waals surface area contributed by atoms with Gasteiger partial charge in [0.1, 0.15) is 5.82 Å². The molecule has 2 saturated heterocycles. The number of hydrogen-bond acceptors (Lipinski definition) is 5. The van der Waals surface area contributed by atoms with E-state index in [1.54, 1.807) is 0 Å². The Morgan fingerprint density at radius 1 is 1.14 bits per heavy atom. The van der Waals surface area contributed by atoms with Crippen LogP contribution in [0.15, 0.2) is 12.3 Å². The Morgan fingerprint density at radius 3 is 2.32 bits per heavy atom. The highest BCUT2D eigenvalue weighted by Crippen LogP contribution is 2.36. The van der Waals surface area contributed by atoms with E-state index in [0.717, 1.165) is 25.9 Å². The van der Waals surface area contributed by atoms with Crippen molar-refractivity contribution in [3.8, 4) is 0 Å². The van der Waals surface area contributed by atoms with Gasteiger partial charge in [-0.3, -0.25) is 4.98 Å². The second kappa shape index (κ2) is 5.50. The zero-order chi connectivity index (χ0) is 17.7. The Balaban J connectivity index is 1.86. The van der Waals surface area contributed by atoms with Gasteiger partial charge in [-0.25, -0.2) is 4.98 Å². The Labute approximate surface area is 136 Å². The Kier molecular flexibility index (Phi) is 3.33. The van der Waals surface area contributed by atoms with Gasteiger partial charge >= 0.3 is 7.12 Å². The normalized spacial score (nSPS) is 26.0. The molecular formula is C16H26BN3O2. The van der Waals surface area contributed by atoms with Crippen LogP contribution in [-0.2, 0) is 9.31 Å². The molecule has 2 aliphatic rings. The third kappa shape index (κ3) is 2.86. The van der Waals surface area contributed by atoms with E-state index in [2.05, 4.69) is 21.8 Å². The molecule has 1 aromatic heterocycles. The minimum atomic E-state index is -0.755. The highest BCUT2D eigenvalue weighted by atomic mass is 16.7. The van der Waals surface area contributed by atoms with E-state index in [1.807, 2.05) is 27.7 Å². The van der Waals surface area contributed by atoms with Crippen molar-refractivity contribution in [2.75, 3.05) is 18.0 Å². The van der Waals surface area contributed by atoms with Crippen LogP contribution < -0.4 is 10.5 Å². The topological polar surface area (TPSA) is 47.5 Å². The molecule has 22 heavy (non-hydrogen) atoms. The van der Waals surface area contributed by atoms with Gasteiger partial charge in [0.2, 0.25) is 0 Å². The molecule has 6 heteroatoms. The van der Waals surface area contributed by atoms with Crippen molar-refractivity contribution in [1.29, 1.82) is 0 Å². The van der Waals surface area contributed by atoms with Crippen molar-refractivity contribution in [2.45, 2.75) is 58.7 Å². The highest BCUT2D eigenvalue weighted by Gasteiger charge is 2.52. The molecule has 2 fully saturated rings. The lowest BCUT2D eigenvalue weighted by Crippen LogP contribution is -2.41. The molecule has 0 aromatic carbocycles. The molecule has 3 heterocycles. The van der Waals surface area contributed by atoms with Crippen LogP contribution >= 0.6 is 0 Å². The van der Waals surface area contributed by atoms with Gasteiger partial charge in [0.25, 0.3) is 0 Å². The molecule has 120 valence electrons. The Morgan fingerprint density at radius 2 is 1.73 bits per heavy atom. The molecule has 0 bridgehead atoms. The SMILES string of the molecule is [2H]c1nc(N2CCC(C)CC2)c([2H])nc1B1OC(C)(C)C(C)(C)O1. The summed E-state index contributed by atoms with van der Waals surface area (Å²) < 4.78 is 28.4. The fourth-order valence-corrected chi connectivity index (χ4v) is 2.69. The largest absolute Gasteiger partial charge is 0.516 e. The molecule has 0 radical (unpaired) electrons. The number of aromatic nitrogens is 2. The maximum atomic E-state index is 8.25. The van der Waals surface area contributed by atoms with Gasteiger partial charge in [-0.2, -0.15) is 0 Å². The first-order valence-electron chi connectivity index (χ1n) is 9.06. The second-order valence-electron chi connectivity index (χ2n) is 7.41. The van der Waals surface area contributed by atoms with E-state index < -0.39 is 18.3 Å². The van der Waals surface area contributed by atoms with E-state index in [4.69, 9.17) is 12.1 Å². The van der Waals surface area contributed by atoms with Gasteiger partial charge in [0.15, 0.2) is 0 Å². The minimum Gasteiger partial charge on any atom is -0.398 e. The van der Waals surface area contributed by atoms with Crippen LogP contribution in [0.1, 0.15) is 50.2 Å². The molecule has 5 nitrogen and oxygen atoms in total. The molecule has 0 saturated carbocycles. The van der Waals surface area contributed by atoms with E-state index in [1.165, 1.54) is 0 Å². The molecule has 2 aliphatic heterocycles. The van der Waals surface area contributed by atoms with Crippen LogP contribution in [0.2, 0.25) is 0 Å². The molecule has 0 N–H and O–H groups in total. The summed E-state index contributed by atoms with van der Waals surface area (Å²) in [6.07, 6.45) is 2.27. The quantitative estimate of drug-likeness (QED) is 0.782. The lowest BCUT2D eigenvalue weighted by atomic mass is 9.85. The summed E-state index contributed by atoms with van der Waals surface area (Å²) in [6, 6.07) is 0. The van der Waals surface area contributed by atoms with Crippen molar-refractivity contribution in [2.24, 2.45) is 5.92 Å². The smallest absolute Gasteiger partial charge is 0.398 e. The van der Waals surface area contributed by atoms with Crippen molar-refractivity contribution in [1.82, 2.24) is 9.97 Å². The van der Waals surface area contributed by atoms with Crippen LogP contribution in [0, 0.1) is 5.92 Å². The van der Waals surface area contributed by atoms with Crippen LogP contribution in [0.25, 0.3) is 0 Å². The van der Waals surface area contributed by atoms with Gasteiger partial charge < -0.3 is 14.2 Å². The standard InChI is InChI=1S/C16H26BN3O2/c1-12-6-8-20(9-7-12)14-11-18-13(10-19-14)17-21-15(2,3)16(4,5)22-17/h10-12H,6-9H2,1-5H3/i10D,11D. The zero-order valence-corrected chi connectivity index (χ0v) is 14.1. The van der Waals surface area contributed by atoms with Gasteiger partial charge in [-0.1, -0.05) is 6.92 Å². The molecule has 1 aromatic rings. The summed E-state index contributed by atoms with van der Waals surface area (Å²) in [5, 5.41) is 0. The summed E-state index contributed by atoms with van der Waals surface area (Å²) >= 11 is 0. The molecule has 0 unspecified atom stereocenters. The van der Waals surface area contributed by atoms with Crippen molar-refractivity contribution < 1.29 is 12.1 Å². The van der Waals surface area contributed by atoms with E-state index in [9.17, 15) is 0 Å². The third-order valence-electron chi connectivity index (χ3n) is 5.11. The predicted octanol–water partition coefficient (Wildman–Crippen LogP) is 2.01. The minimum absolute atomic E-state index is 0.0260. The summed E-state index contributed by atoms with van der Waals surface area (Å²) in [4.78, 5) is 10.7. The predicted molar refractivity (Wildman–Crippen MR) is 88.4 cm³/mol. The molecule has 0 atom stereocenters. The van der Waals surface area contributed by atoms with E-state index in [-0.39, 0.29) is 17.9 Å². The van der Waals surface area contributed by atoms with Crippen molar-refractivity contribution in [3.63, 3.8) is 0 Å². The van der Waals surface area contributed by atoms with Gasteiger partial charge in [0.05, 0.1) is 25.7 Å². The molecule has 3 rings (SSSR count). The molecule has 0 amide bonds. The maximum absolute atomic E-state index is 8.25. The number of rotatable bonds is 2. The van der Waals surface area contributed by atoms with Crippen LogP contribution in [0.5, 0.6) is 0 Å². The number of anilines is 1. The van der Waals surface area contributed by atoms with Crippen molar-refractivity contribution in [3.05, 3.63) is 12.3 Å². The number of piperidine rings is 1. The zero-order valence-electron chi connectivity index (χ0n) is 16.1. The van der Waals surface area contributed by atoms with Crippen LogP contribution in [-0.4, -0.2) is 41.4 Å². The third-order valence-corrected chi connectivity index (χ3v) is 5.11. The average Bonchev–Trinajstić information content (AvgIpc) is 2.70. The summed E-state index contributed by atoms with van der Waals surface area (Å²) in [6.45, 7) is 11.8. The lowest BCUT2D eigenvalue weighted by Gasteiger charge is -2.32. The fraction of sp³-hybridized carbons (Fsp3) is 0.750. The first-order chi connectivity index (χ1) is 11.1.